The Morgan fingerprint density at radius 2 is 1.55 bits per heavy atom. The zero-order valence-corrected chi connectivity index (χ0v) is 16.4. The van der Waals surface area contributed by atoms with E-state index in [2.05, 4.69) is 10.6 Å². The predicted molar refractivity (Wildman–Crippen MR) is 116 cm³/mol. The third-order valence-electron chi connectivity index (χ3n) is 4.69. The molecule has 0 saturated heterocycles. The molecule has 0 saturated carbocycles. The summed E-state index contributed by atoms with van der Waals surface area (Å²) in [4.78, 5) is 35.9. The molecule has 31 heavy (non-hydrogen) atoms. The van der Waals surface area contributed by atoms with E-state index in [9.17, 15) is 19.7 Å². The van der Waals surface area contributed by atoms with Gasteiger partial charge in [0, 0.05) is 28.8 Å². The van der Waals surface area contributed by atoms with Gasteiger partial charge in [0.2, 0.25) is 5.76 Å². The molecule has 0 spiro atoms. The van der Waals surface area contributed by atoms with E-state index < -0.39 is 10.8 Å². The van der Waals surface area contributed by atoms with Gasteiger partial charge >= 0.3 is 0 Å². The number of nitrogens with zero attached hydrogens (tertiary/aromatic N) is 1. The molecule has 0 radical (unpaired) electrons. The maximum Gasteiger partial charge on any atom is 0.293 e. The van der Waals surface area contributed by atoms with E-state index >= 15 is 0 Å². The van der Waals surface area contributed by atoms with Crippen molar-refractivity contribution in [3.05, 3.63) is 99.8 Å². The molecule has 8 heteroatoms. The molecular weight excluding hydrogens is 398 g/mol. The molecule has 0 atom stereocenters. The van der Waals surface area contributed by atoms with Crippen molar-refractivity contribution < 1.29 is 18.9 Å². The Morgan fingerprint density at radius 1 is 0.871 bits per heavy atom. The number of para-hydroxylation sites is 1. The predicted octanol–water partition coefficient (Wildman–Crippen LogP) is 5.15. The summed E-state index contributed by atoms with van der Waals surface area (Å²) in [6.07, 6.45) is 0. The van der Waals surface area contributed by atoms with Crippen LogP contribution in [0.2, 0.25) is 0 Å². The van der Waals surface area contributed by atoms with E-state index in [1.807, 2.05) is 19.1 Å². The monoisotopic (exact) mass is 415 g/mol. The summed E-state index contributed by atoms with van der Waals surface area (Å²) >= 11 is 0. The first-order chi connectivity index (χ1) is 14.9. The quantitative estimate of drug-likeness (QED) is 0.345. The smallest absolute Gasteiger partial charge is 0.293 e. The molecule has 4 aromatic rings. The zero-order chi connectivity index (χ0) is 22.0. The molecule has 0 aliphatic heterocycles. The van der Waals surface area contributed by atoms with Gasteiger partial charge in [-0.15, -0.1) is 0 Å². The van der Waals surface area contributed by atoms with Gasteiger partial charge in [-0.2, -0.15) is 0 Å². The third-order valence-corrected chi connectivity index (χ3v) is 4.69. The summed E-state index contributed by atoms with van der Waals surface area (Å²) in [6, 6.07) is 19.4. The molecule has 2 amide bonds. The fraction of sp³-hybridized carbons (Fsp3) is 0.0435. The second-order valence-corrected chi connectivity index (χ2v) is 6.88. The highest BCUT2D eigenvalue weighted by Crippen LogP contribution is 2.32. The summed E-state index contributed by atoms with van der Waals surface area (Å²) in [6.45, 7) is 1.92. The van der Waals surface area contributed by atoms with E-state index in [1.165, 1.54) is 24.3 Å². The van der Waals surface area contributed by atoms with Crippen molar-refractivity contribution in [3.8, 4) is 0 Å². The van der Waals surface area contributed by atoms with E-state index in [0.717, 1.165) is 5.56 Å². The lowest BCUT2D eigenvalue weighted by atomic mass is 10.1. The van der Waals surface area contributed by atoms with Crippen molar-refractivity contribution in [1.82, 2.24) is 0 Å². The van der Waals surface area contributed by atoms with Gasteiger partial charge in [-0.1, -0.05) is 29.8 Å². The molecule has 0 fully saturated rings. The van der Waals surface area contributed by atoms with Crippen LogP contribution in [0.3, 0.4) is 0 Å². The molecule has 3 aromatic carbocycles. The number of amides is 2. The van der Waals surface area contributed by atoms with Crippen molar-refractivity contribution in [1.29, 1.82) is 0 Å². The highest BCUT2D eigenvalue weighted by atomic mass is 16.6. The fourth-order valence-corrected chi connectivity index (χ4v) is 3.07. The van der Waals surface area contributed by atoms with Gasteiger partial charge in [-0.3, -0.25) is 19.7 Å². The van der Waals surface area contributed by atoms with E-state index in [-0.39, 0.29) is 23.0 Å². The lowest BCUT2D eigenvalue weighted by Gasteiger charge is -2.08. The van der Waals surface area contributed by atoms with E-state index in [0.29, 0.717) is 22.2 Å². The van der Waals surface area contributed by atoms with Crippen LogP contribution >= 0.6 is 0 Å². The van der Waals surface area contributed by atoms with E-state index in [4.69, 9.17) is 4.42 Å². The number of fused-ring (bicyclic) bond motifs is 1. The number of non-ortho nitro benzene ring substituents is 1. The molecule has 0 aliphatic carbocycles. The van der Waals surface area contributed by atoms with Gasteiger partial charge in [-0.05, 0) is 43.3 Å². The number of rotatable bonds is 5. The first-order valence-corrected chi connectivity index (χ1v) is 9.38. The van der Waals surface area contributed by atoms with Crippen molar-refractivity contribution in [2.45, 2.75) is 6.92 Å². The number of carbonyl (C=O) groups excluding carboxylic acids is 2. The lowest BCUT2D eigenvalue weighted by molar-refractivity contribution is -0.384. The summed E-state index contributed by atoms with van der Waals surface area (Å²) in [7, 11) is 0. The number of anilines is 2. The minimum absolute atomic E-state index is 0.0694. The summed E-state index contributed by atoms with van der Waals surface area (Å²) < 4.78 is 5.72. The van der Waals surface area contributed by atoms with Gasteiger partial charge in [0.25, 0.3) is 17.5 Å². The Balaban J connectivity index is 1.65. The molecule has 0 unspecified atom stereocenters. The highest BCUT2D eigenvalue weighted by Gasteiger charge is 2.23. The molecule has 4 rings (SSSR count). The van der Waals surface area contributed by atoms with Crippen LogP contribution in [-0.4, -0.2) is 16.7 Å². The molecule has 8 nitrogen and oxygen atoms in total. The average molecular weight is 415 g/mol. The van der Waals surface area contributed by atoms with Gasteiger partial charge in [0.05, 0.1) is 4.92 Å². The fourth-order valence-electron chi connectivity index (χ4n) is 3.07. The first kappa shape index (κ1) is 19.8. The number of nitrogens with one attached hydrogen (secondary N) is 2. The van der Waals surface area contributed by atoms with Crippen LogP contribution in [-0.2, 0) is 0 Å². The number of hydrogen-bond donors (Lipinski definition) is 2. The second kappa shape index (κ2) is 8.11. The summed E-state index contributed by atoms with van der Waals surface area (Å²) in [5.74, 6) is -1.04. The van der Waals surface area contributed by atoms with Crippen LogP contribution in [0.4, 0.5) is 17.1 Å². The van der Waals surface area contributed by atoms with Gasteiger partial charge < -0.3 is 15.1 Å². The number of carbonyl (C=O) groups is 2. The Kier molecular flexibility index (Phi) is 5.19. The summed E-state index contributed by atoms with van der Waals surface area (Å²) in [5.41, 5.74) is 2.42. The number of aryl methyl sites for hydroxylation is 1. The van der Waals surface area contributed by atoms with Crippen molar-refractivity contribution in [2.75, 3.05) is 10.6 Å². The number of benzene rings is 3. The van der Waals surface area contributed by atoms with Crippen molar-refractivity contribution >= 4 is 39.8 Å². The first-order valence-electron chi connectivity index (χ1n) is 9.38. The standard InChI is InChI=1S/C23H17N3O5/c1-14-6-8-15(9-7-14)22(27)25-20-18-4-2-3-5-19(18)31-21(20)23(28)24-16-10-12-17(13-11-16)26(29)30/h2-13H,1H3,(H,24,28)(H,25,27). The van der Waals surface area contributed by atoms with Crippen LogP contribution in [0.25, 0.3) is 11.0 Å². The molecule has 0 aliphatic rings. The maximum absolute atomic E-state index is 12.9. The minimum atomic E-state index is -0.593. The largest absolute Gasteiger partial charge is 0.449 e. The SMILES string of the molecule is Cc1ccc(C(=O)Nc2c(C(=O)Nc3ccc([N+](=O)[O-])cc3)oc3ccccc23)cc1. The van der Waals surface area contributed by atoms with Gasteiger partial charge in [0.1, 0.15) is 11.3 Å². The van der Waals surface area contributed by atoms with Crippen molar-refractivity contribution in [2.24, 2.45) is 0 Å². The Hall–Kier alpha value is -4.46. The molecular formula is C23H17N3O5. The second-order valence-electron chi connectivity index (χ2n) is 6.88. The average Bonchev–Trinajstić information content (AvgIpc) is 3.13. The molecule has 0 bridgehead atoms. The topological polar surface area (TPSA) is 114 Å². The maximum atomic E-state index is 12.9. The van der Waals surface area contributed by atoms with Crippen LogP contribution in [0.15, 0.2) is 77.2 Å². The Labute approximate surface area is 176 Å². The normalized spacial score (nSPS) is 10.6. The van der Waals surface area contributed by atoms with Crippen LogP contribution in [0.5, 0.6) is 0 Å². The lowest BCUT2D eigenvalue weighted by Crippen LogP contribution is -2.17. The van der Waals surface area contributed by atoms with Crippen LogP contribution in [0, 0.1) is 17.0 Å². The molecule has 2 N–H and O–H groups in total. The minimum Gasteiger partial charge on any atom is -0.449 e. The molecule has 1 aromatic heterocycles. The number of furan rings is 1. The Bertz CT molecular complexity index is 1290. The Morgan fingerprint density at radius 3 is 2.23 bits per heavy atom. The van der Waals surface area contributed by atoms with Crippen LogP contribution in [0.1, 0.15) is 26.5 Å². The summed E-state index contributed by atoms with van der Waals surface area (Å²) in [5, 5.41) is 16.8. The number of hydrogen-bond acceptors (Lipinski definition) is 5. The number of nitro groups is 1. The number of nitro benzene ring substituents is 1. The third kappa shape index (κ3) is 4.13. The van der Waals surface area contributed by atoms with E-state index in [1.54, 1.807) is 36.4 Å². The van der Waals surface area contributed by atoms with Crippen LogP contribution < -0.4 is 10.6 Å². The van der Waals surface area contributed by atoms with Gasteiger partial charge in [-0.25, -0.2) is 0 Å². The highest BCUT2D eigenvalue weighted by molar-refractivity contribution is 6.16. The zero-order valence-electron chi connectivity index (χ0n) is 16.4. The van der Waals surface area contributed by atoms with Crippen molar-refractivity contribution in [3.63, 3.8) is 0 Å². The molecule has 154 valence electrons. The molecule has 1 heterocycles. The van der Waals surface area contributed by atoms with Gasteiger partial charge in [0.15, 0.2) is 0 Å².